The van der Waals surface area contributed by atoms with Gasteiger partial charge in [-0.15, -0.1) is 0 Å². The second-order valence-electron chi connectivity index (χ2n) is 7.62. The van der Waals surface area contributed by atoms with Gasteiger partial charge in [0.2, 0.25) is 5.91 Å². The van der Waals surface area contributed by atoms with Crippen LogP contribution in [0.3, 0.4) is 0 Å². The van der Waals surface area contributed by atoms with Crippen molar-refractivity contribution in [2.24, 2.45) is 7.05 Å². The molecule has 1 aromatic heterocycles. The standard InChI is InChI=1S/C24H21BrN4O3S2/c1-15-21(23(32)29(27(15)2)18-6-4-3-5-7-18)26-20(30)12-13-28-22(31)19(34-24(28)33)14-16-8-10-17(25)11-9-16/h3-11,14H,12-13H2,1-2H3,(H,26,30). The molecule has 2 aromatic carbocycles. The fourth-order valence-corrected chi connectivity index (χ4v) is 5.10. The highest BCUT2D eigenvalue weighted by Gasteiger charge is 2.32. The number of carbonyl (C=O) groups excluding carboxylic acids is 2. The maximum atomic E-state index is 13.0. The van der Waals surface area contributed by atoms with E-state index in [1.807, 2.05) is 54.6 Å². The number of carbonyl (C=O) groups is 2. The zero-order valence-electron chi connectivity index (χ0n) is 18.4. The van der Waals surface area contributed by atoms with Gasteiger partial charge in [0, 0.05) is 24.5 Å². The third-order valence-electron chi connectivity index (χ3n) is 5.42. The highest BCUT2D eigenvalue weighted by molar-refractivity contribution is 9.10. The first kappa shape index (κ1) is 24.2. The molecule has 3 aromatic rings. The monoisotopic (exact) mass is 556 g/mol. The Morgan fingerprint density at radius 2 is 1.79 bits per heavy atom. The molecule has 0 bridgehead atoms. The molecule has 174 valence electrons. The Labute approximate surface area is 214 Å². The summed E-state index contributed by atoms with van der Waals surface area (Å²) in [6.45, 7) is 1.90. The zero-order valence-corrected chi connectivity index (χ0v) is 21.7. The van der Waals surface area contributed by atoms with E-state index in [1.165, 1.54) is 21.3 Å². The van der Waals surface area contributed by atoms with Crippen molar-refractivity contribution >= 4 is 67.8 Å². The number of amides is 2. The van der Waals surface area contributed by atoms with Gasteiger partial charge in [0.25, 0.3) is 11.5 Å². The van der Waals surface area contributed by atoms with Crippen LogP contribution in [0.25, 0.3) is 11.8 Å². The fourth-order valence-electron chi connectivity index (χ4n) is 3.53. The molecule has 0 aliphatic carbocycles. The molecular formula is C24H21BrN4O3S2. The van der Waals surface area contributed by atoms with Gasteiger partial charge in [-0.3, -0.25) is 24.0 Å². The van der Waals surface area contributed by atoms with Crippen molar-refractivity contribution in [2.75, 3.05) is 11.9 Å². The molecule has 0 radical (unpaired) electrons. The maximum absolute atomic E-state index is 13.0. The molecule has 34 heavy (non-hydrogen) atoms. The lowest BCUT2D eigenvalue weighted by molar-refractivity contribution is -0.122. The number of rotatable bonds is 6. The van der Waals surface area contributed by atoms with Crippen LogP contribution in [0.2, 0.25) is 0 Å². The Kier molecular flexibility index (Phi) is 7.20. The third-order valence-corrected chi connectivity index (χ3v) is 7.33. The van der Waals surface area contributed by atoms with Crippen molar-refractivity contribution in [3.8, 4) is 5.69 Å². The molecule has 0 spiro atoms. The zero-order chi connectivity index (χ0) is 24.4. The largest absolute Gasteiger partial charge is 0.320 e. The summed E-state index contributed by atoms with van der Waals surface area (Å²) < 4.78 is 4.55. The first-order chi connectivity index (χ1) is 16.3. The Hall–Kier alpha value is -2.95. The van der Waals surface area contributed by atoms with E-state index in [2.05, 4.69) is 21.2 Å². The van der Waals surface area contributed by atoms with E-state index >= 15 is 0 Å². The van der Waals surface area contributed by atoms with Crippen molar-refractivity contribution in [1.82, 2.24) is 14.3 Å². The molecule has 2 heterocycles. The number of hydrogen-bond donors (Lipinski definition) is 1. The first-order valence-corrected chi connectivity index (χ1v) is 12.4. The number of halogens is 1. The van der Waals surface area contributed by atoms with E-state index in [9.17, 15) is 14.4 Å². The molecule has 1 aliphatic heterocycles. The first-order valence-electron chi connectivity index (χ1n) is 10.4. The minimum absolute atomic E-state index is 0.0110. The fraction of sp³-hybridized carbons (Fsp3) is 0.167. The number of nitrogens with one attached hydrogen (secondary N) is 1. The molecule has 1 aliphatic rings. The molecule has 0 atom stereocenters. The summed E-state index contributed by atoms with van der Waals surface area (Å²) in [6.07, 6.45) is 1.79. The van der Waals surface area contributed by atoms with Gasteiger partial charge in [-0.1, -0.05) is 70.2 Å². The van der Waals surface area contributed by atoms with Crippen LogP contribution in [0, 0.1) is 6.92 Å². The van der Waals surface area contributed by atoms with Crippen LogP contribution < -0.4 is 10.9 Å². The lowest BCUT2D eigenvalue weighted by Gasteiger charge is -2.13. The van der Waals surface area contributed by atoms with Crippen LogP contribution in [-0.4, -0.2) is 36.9 Å². The lowest BCUT2D eigenvalue weighted by atomic mass is 10.2. The van der Waals surface area contributed by atoms with Gasteiger partial charge in [-0.25, -0.2) is 4.68 Å². The molecule has 1 N–H and O–H groups in total. The van der Waals surface area contributed by atoms with E-state index in [0.717, 1.165) is 10.0 Å². The lowest BCUT2D eigenvalue weighted by Crippen LogP contribution is -2.32. The smallest absolute Gasteiger partial charge is 0.295 e. The van der Waals surface area contributed by atoms with E-state index in [-0.39, 0.29) is 36.0 Å². The van der Waals surface area contributed by atoms with Crippen molar-refractivity contribution in [3.05, 3.63) is 85.6 Å². The number of hydrogen-bond acceptors (Lipinski definition) is 5. The van der Waals surface area contributed by atoms with E-state index in [1.54, 1.807) is 24.7 Å². The number of thioether (sulfide) groups is 1. The summed E-state index contributed by atoms with van der Waals surface area (Å²) in [5, 5.41) is 2.72. The number of benzene rings is 2. The molecule has 4 rings (SSSR count). The van der Waals surface area contributed by atoms with Crippen LogP contribution >= 0.6 is 39.9 Å². The average molecular weight is 557 g/mol. The van der Waals surface area contributed by atoms with Gasteiger partial charge >= 0.3 is 0 Å². The number of thiocarbonyl (C=S) groups is 1. The Morgan fingerprint density at radius 3 is 2.47 bits per heavy atom. The number of aromatic nitrogens is 2. The summed E-state index contributed by atoms with van der Waals surface area (Å²) in [6, 6.07) is 16.8. The predicted molar refractivity (Wildman–Crippen MR) is 143 cm³/mol. The molecule has 0 saturated carbocycles. The molecule has 0 unspecified atom stereocenters. The van der Waals surface area contributed by atoms with Crippen LogP contribution in [0.4, 0.5) is 5.69 Å². The molecule has 1 saturated heterocycles. The van der Waals surface area contributed by atoms with E-state index in [0.29, 0.717) is 20.6 Å². The summed E-state index contributed by atoms with van der Waals surface area (Å²) in [5.41, 5.74) is 2.12. The number of anilines is 1. The van der Waals surface area contributed by atoms with Crippen molar-refractivity contribution in [3.63, 3.8) is 0 Å². The van der Waals surface area contributed by atoms with Crippen LogP contribution in [0.1, 0.15) is 17.7 Å². The van der Waals surface area contributed by atoms with E-state index < -0.39 is 0 Å². The molecule has 2 amide bonds. The maximum Gasteiger partial charge on any atom is 0.295 e. The average Bonchev–Trinajstić information content (AvgIpc) is 3.20. The van der Waals surface area contributed by atoms with Crippen molar-refractivity contribution in [2.45, 2.75) is 13.3 Å². The highest BCUT2D eigenvalue weighted by Crippen LogP contribution is 2.32. The second kappa shape index (κ2) is 10.1. The minimum atomic E-state index is -0.364. The van der Waals surface area contributed by atoms with Gasteiger partial charge in [0.05, 0.1) is 16.3 Å². The van der Waals surface area contributed by atoms with Gasteiger partial charge in [0.15, 0.2) is 0 Å². The van der Waals surface area contributed by atoms with Gasteiger partial charge in [-0.05, 0) is 42.8 Å². The van der Waals surface area contributed by atoms with Crippen molar-refractivity contribution < 1.29 is 9.59 Å². The molecule has 1 fully saturated rings. The van der Waals surface area contributed by atoms with Crippen molar-refractivity contribution in [1.29, 1.82) is 0 Å². The second-order valence-corrected chi connectivity index (χ2v) is 10.2. The Bertz CT molecular complexity index is 1360. The summed E-state index contributed by atoms with van der Waals surface area (Å²) >= 11 is 9.96. The van der Waals surface area contributed by atoms with Gasteiger partial charge in [0.1, 0.15) is 10.0 Å². The molecular weight excluding hydrogens is 536 g/mol. The predicted octanol–water partition coefficient (Wildman–Crippen LogP) is 4.48. The van der Waals surface area contributed by atoms with Gasteiger partial charge in [-0.2, -0.15) is 0 Å². The highest BCUT2D eigenvalue weighted by atomic mass is 79.9. The molecule has 7 nitrogen and oxygen atoms in total. The quantitative estimate of drug-likeness (QED) is 0.358. The summed E-state index contributed by atoms with van der Waals surface area (Å²) in [4.78, 5) is 40.4. The third kappa shape index (κ3) is 4.94. The SMILES string of the molecule is Cc1c(NC(=O)CCN2C(=O)C(=Cc3ccc(Br)cc3)SC2=S)c(=O)n(-c2ccccc2)n1C. The summed E-state index contributed by atoms with van der Waals surface area (Å²) in [7, 11) is 1.76. The van der Waals surface area contributed by atoms with Crippen LogP contribution in [0.15, 0.2) is 68.8 Å². The number of para-hydroxylation sites is 1. The normalized spacial score (nSPS) is 14.8. The Balaban J connectivity index is 1.44. The topological polar surface area (TPSA) is 76.3 Å². The van der Waals surface area contributed by atoms with Crippen LogP contribution in [-0.2, 0) is 16.6 Å². The minimum Gasteiger partial charge on any atom is -0.320 e. The van der Waals surface area contributed by atoms with E-state index in [4.69, 9.17) is 12.2 Å². The molecule has 10 heteroatoms. The van der Waals surface area contributed by atoms with Crippen LogP contribution in [0.5, 0.6) is 0 Å². The van der Waals surface area contributed by atoms with Gasteiger partial charge < -0.3 is 5.32 Å². The summed E-state index contributed by atoms with van der Waals surface area (Å²) in [5.74, 6) is -0.593. The number of nitrogens with zero attached hydrogens (tertiary/aromatic N) is 3. The Morgan fingerprint density at radius 1 is 1.12 bits per heavy atom.